The van der Waals surface area contributed by atoms with Gasteiger partial charge >= 0.3 is 6.03 Å². The summed E-state index contributed by atoms with van der Waals surface area (Å²) < 4.78 is 0. The van der Waals surface area contributed by atoms with E-state index in [1.807, 2.05) is 54.6 Å². The second-order valence-corrected chi connectivity index (χ2v) is 4.42. The van der Waals surface area contributed by atoms with E-state index < -0.39 is 0 Å². The van der Waals surface area contributed by atoms with Crippen LogP contribution in [0.4, 0.5) is 16.2 Å². The molecular formula is C16H19N3O. The summed E-state index contributed by atoms with van der Waals surface area (Å²) in [5.74, 6) is 0. The van der Waals surface area contributed by atoms with Crippen molar-refractivity contribution in [2.45, 2.75) is 13.5 Å². The van der Waals surface area contributed by atoms with Gasteiger partial charge in [0, 0.05) is 17.9 Å². The first-order valence-corrected chi connectivity index (χ1v) is 6.70. The van der Waals surface area contributed by atoms with Crippen molar-refractivity contribution in [3.8, 4) is 0 Å². The zero-order valence-corrected chi connectivity index (χ0v) is 11.5. The summed E-state index contributed by atoms with van der Waals surface area (Å²) in [6.45, 7) is 3.86. The van der Waals surface area contributed by atoms with Crippen molar-refractivity contribution in [1.29, 1.82) is 0 Å². The zero-order valence-electron chi connectivity index (χ0n) is 11.5. The Morgan fingerprint density at radius 3 is 2.10 bits per heavy atom. The molecule has 3 N–H and O–H groups in total. The summed E-state index contributed by atoms with van der Waals surface area (Å²) in [6.07, 6.45) is 0. The van der Waals surface area contributed by atoms with Crippen molar-refractivity contribution in [3.05, 3.63) is 60.2 Å². The fourth-order valence-corrected chi connectivity index (χ4v) is 1.79. The second-order valence-electron chi connectivity index (χ2n) is 4.42. The third-order valence-corrected chi connectivity index (χ3v) is 2.82. The van der Waals surface area contributed by atoms with Crippen LogP contribution in [0.25, 0.3) is 0 Å². The van der Waals surface area contributed by atoms with E-state index in [1.165, 1.54) is 5.56 Å². The first-order valence-electron chi connectivity index (χ1n) is 6.70. The number of carbonyl (C=O) groups excluding carboxylic acids is 1. The fraction of sp³-hybridized carbons (Fsp3) is 0.188. The quantitative estimate of drug-likeness (QED) is 0.778. The van der Waals surface area contributed by atoms with Gasteiger partial charge in [-0.05, 0) is 36.4 Å². The topological polar surface area (TPSA) is 53.2 Å². The lowest BCUT2D eigenvalue weighted by Gasteiger charge is -2.08. The highest BCUT2D eigenvalue weighted by molar-refractivity contribution is 5.99. The molecule has 0 bridgehead atoms. The maximum atomic E-state index is 11.8. The normalized spacial score (nSPS) is 10.1. The highest BCUT2D eigenvalue weighted by Gasteiger charge is 2.02. The summed E-state index contributed by atoms with van der Waals surface area (Å²) in [7, 11) is 0. The third kappa shape index (κ3) is 4.40. The number of nitrogens with one attached hydrogen (secondary N) is 3. The lowest BCUT2D eigenvalue weighted by Crippen LogP contribution is -2.19. The number of hydrogen-bond acceptors (Lipinski definition) is 2. The van der Waals surface area contributed by atoms with Gasteiger partial charge in [-0.1, -0.05) is 37.3 Å². The number of rotatable bonds is 5. The smallest absolute Gasteiger partial charge is 0.313 e. The largest absolute Gasteiger partial charge is 0.323 e. The third-order valence-electron chi connectivity index (χ3n) is 2.82. The predicted molar refractivity (Wildman–Crippen MR) is 82.9 cm³/mol. The first-order chi connectivity index (χ1) is 9.78. The van der Waals surface area contributed by atoms with E-state index in [1.54, 1.807) is 0 Å². The number of para-hydroxylation sites is 1. The molecular weight excluding hydrogens is 250 g/mol. The van der Waals surface area contributed by atoms with E-state index in [2.05, 4.69) is 22.9 Å². The minimum atomic E-state index is -0.240. The van der Waals surface area contributed by atoms with Gasteiger partial charge in [-0.3, -0.25) is 0 Å². The fourth-order valence-electron chi connectivity index (χ4n) is 1.79. The second kappa shape index (κ2) is 7.31. The van der Waals surface area contributed by atoms with Crippen LogP contribution in [0.3, 0.4) is 0 Å². The van der Waals surface area contributed by atoms with Crippen LogP contribution in [-0.4, -0.2) is 12.6 Å². The minimum Gasteiger partial charge on any atom is -0.313 e. The highest BCUT2D eigenvalue weighted by Crippen LogP contribution is 2.11. The molecule has 0 radical (unpaired) electrons. The number of benzene rings is 2. The van der Waals surface area contributed by atoms with Crippen LogP contribution in [0.15, 0.2) is 54.6 Å². The molecule has 0 fully saturated rings. The van der Waals surface area contributed by atoms with Crippen LogP contribution >= 0.6 is 0 Å². The summed E-state index contributed by atoms with van der Waals surface area (Å²) in [4.78, 5) is 11.8. The van der Waals surface area contributed by atoms with Crippen molar-refractivity contribution < 1.29 is 4.79 Å². The number of urea groups is 1. The average molecular weight is 269 g/mol. The van der Waals surface area contributed by atoms with Crippen LogP contribution in [0.2, 0.25) is 0 Å². The Bertz CT molecular complexity index is 537. The van der Waals surface area contributed by atoms with Gasteiger partial charge in [-0.15, -0.1) is 0 Å². The molecule has 2 amide bonds. The van der Waals surface area contributed by atoms with Crippen molar-refractivity contribution in [2.24, 2.45) is 0 Å². The molecule has 0 heterocycles. The summed E-state index contributed by atoms with van der Waals surface area (Å²) >= 11 is 0. The predicted octanol–water partition coefficient (Wildman–Crippen LogP) is 3.44. The van der Waals surface area contributed by atoms with Crippen LogP contribution in [-0.2, 0) is 6.54 Å². The number of amides is 2. The van der Waals surface area contributed by atoms with Gasteiger partial charge in [-0.25, -0.2) is 4.79 Å². The number of hydrogen-bond donors (Lipinski definition) is 3. The van der Waals surface area contributed by atoms with Gasteiger partial charge < -0.3 is 16.0 Å². The zero-order chi connectivity index (χ0) is 14.2. The van der Waals surface area contributed by atoms with Crippen molar-refractivity contribution >= 4 is 17.4 Å². The van der Waals surface area contributed by atoms with E-state index in [4.69, 9.17) is 0 Å². The summed E-state index contributed by atoms with van der Waals surface area (Å²) in [5, 5.41) is 8.84. The van der Waals surface area contributed by atoms with E-state index in [0.29, 0.717) is 0 Å². The number of carbonyl (C=O) groups is 1. The van der Waals surface area contributed by atoms with Gasteiger partial charge in [0.15, 0.2) is 0 Å². The maximum absolute atomic E-state index is 11.8. The van der Waals surface area contributed by atoms with Crippen LogP contribution in [0.1, 0.15) is 12.5 Å². The van der Waals surface area contributed by atoms with Crippen molar-refractivity contribution in [1.82, 2.24) is 5.32 Å². The monoisotopic (exact) mass is 269 g/mol. The molecule has 104 valence electrons. The molecule has 0 aliphatic heterocycles. The van der Waals surface area contributed by atoms with E-state index >= 15 is 0 Å². The van der Waals surface area contributed by atoms with Crippen molar-refractivity contribution in [2.75, 3.05) is 17.2 Å². The molecule has 20 heavy (non-hydrogen) atoms. The van der Waals surface area contributed by atoms with E-state index in [9.17, 15) is 4.79 Å². The summed E-state index contributed by atoms with van der Waals surface area (Å²) in [6, 6.07) is 16.9. The molecule has 0 aliphatic rings. The molecule has 0 atom stereocenters. The first kappa shape index (κ1) is 14.1. The molecule has 0 unspecified atom stereocenters. The molecule has 0 spiro atoms. The average Bonchev–Trinajstić information content (AvgIpc) is 2.47. The van der Waals surface area contributed by atoms with Gasteiger partial charge in [-0.2, -0.15) is 0 Å². The maximum Gasteiger partial charge on any atom is 0.323 e. The number of anilines is 2. The molecule has 4 heteroatoms. The van der Waals surface area contributed by atoms with Gasteiger partial charge in [0.05, 0.1) is 0 Å². The van der Waals surface area contributed by atoms with Gasteiger partial charge in [0.2, 0.25) is 0 Å². The lowest BCUT2D eigenvalue weighted by atomic mass is 10.2. The Morgan fingerprint density at radius 1 is 0.900 bits per heavy atom. The Hall–Kier alpha value is -2.33. The van der Waals surface area contributed by atoms with Crippen molar-refractivity contribution in [3.63, 3.8) is 0 Å². The summed E-state index contributed by atoms with van der Waals surface area (Å²) in [5.41, 5.74) is 2.74. The molecule has 2 rings (SSSR count). The molecule has 0 aliphatic carbocycles. The Labute approximate surface area is 119 Å². The Morgan fingerprint density at radius 2 is 1.50 bits per heavy atom. The molecule has 2 aromatic rings. The Balaban J connectivity index is 1.88. The van der Waals surface area contributed by atoms with Gasteiger partial charge in [0.1, 0.15) is 0 Å². The van der Waals surface area contributed by atoms with Crippen LogP contribution in [0, 0.1) is 0 Å². The molecule has 2 aromatic carbocycles. The molecule has 4 nitrogen and oxygen atoms in total. The van der Waals surface area contributed by atoms with Crippen LogP contribution < -0.4 is 16.0 Å². The minimum absolute atomic E-state index is 0.240. The lowest BCUT2D eigenvalue weighted by molar-refractivity contribution is 0.262. The Kier molecular flexibility index (Phi) is 5.15. The SMILES string of the molecule is CCNCc1ccc(NC(=O)Nc2ccccc2)cc1. The molecule has 0 saturated heterocycles. The van der Waals surface area contributed by atoms with E-state index in [0.717, 1.165) is 24.5 Å². The van der Waals surface area contributed by atoms with E-state index in [-0.39, 0.29) is 6.03 Å². The molecule has 0 aromatic heterocycles. The van der Waals surface area contributed by atoms with Crippen LogP contribution in [0.5, 0.6) is 0 Å². The van der Waals surface area contributed by atoms with Gasteiger partial charge in [0.25, 0.3) is 0 Å². The molecule has 0 saturated carbocycles. The highest BCUT2D eigenvalue weighted by atomic mass is 16.2. The standard InChI is InChI=1S/C16H19N3O/c1-2-17-12-13-8-10-15(11-9-13)19-16(20)18-14-6-4-3-5-7-14/h3-11,17H,2,12H2,1H3,(H2,18,19,20).